The molecule has 1 fully saturated rings. The maximum absolute atomic E-state index is 13.3. The van der Waals surface area contributed by atoms with E-state index in [2.05, 4.69) is 0 Å². The number of hydrogen-bond donors (Lipinski definition) is 0. The van der Waals surface area contributed by atoms with Crippen molar-refractivity contribution in [3.05, 3.63) is 47.5 Å². The Kier molecular flexibility index (Phi) is 6.89. The average Bonchev–Trinajstić information content (AvgIpc) is 2.81. The fourth-order valence-electron chi connectivity index (χ4n) is 3.87. The molecule has 0 radical (unpaired) electrons. The molecule has 0 N–H and O–H groups in total. The van der Waals surface area contributed by atoms with Gasteiger partial charge in [-0.3, -0.25) is 9.59 Å². The Morgan fingerprint density at radius 3 is 1.55 bits per heavy atom. The van der Waals surface area contributed by atoms with Crippen molar-refractivity contribution in [3.8, 4) is 23.0 Å². The van der Waals surface area contributed by atoms with Crippen LogP contribution in [0.4, 0.5) is 0 Å². The molecule has 0 saturated carbocycles. The van der Waals surface area contributed by atoms with Crippen molar-refractivity contribution in [1.82, 2.24) is 9.80 Å². The average molecular weight is 428 g/mol. The van der Waals surface area contributed by atoms with Crippen LogP contribution in [0.5, 0.6) is 23.0 Å². The van der Waals surface area contributed by atoms with Gasteiger partial charge in [-0.2, -0.15) is 0 Å². The van der Waals surface area contributed by atoms with Gasteiger partial charge in [0.2, 0.25) is 0 Å². The Morgan fingerprint density at radius 2 is 1.16 bits per heavy atom. The normalized spacial score (nSPS) is 16.0. The third kappa shape index (κ3) is 4.23. The molecular formula is C23H28N2O6. The van der Waals surface area contributed by atoms with Crippen molar-refractivity contribution < 1.29 is 28.5 Å². The largest absolute Gasteiger partial charge is 0.496 e. The lowest BCUT2D eigenvalue weighted by atomic mass is 10.1. The molecule has 0 unspecified atom stereocenters. The molecule has 0 aromatic heterocycles. The highest BCUT2D eigenvalue weighted by Crippen LogP contribution is 2.32. The van der Waals surface area contributed by atoms with E-state index in [9.17, 15) is 9.59 Å². The van der Waals surface area contributed by atoms with Gasteiger partial charge in [-0.25, -0.2) is 0 Å². The zero-order chi connectivity index (χ0) is 22.5. The lowest BCUT2D eigenvalue weighted by Crippen LogP contribution is -2.55. The van der Waals surface area contributed by atoms with Crippen molar-refractivity contribution in [1.29, 1.82) is 0 Å². The first-order valence-corrected chi connectivity index (χ1v) is 9.99. The SMILES string of the molecule is COc1cccc(OC)c1C(=O)N1CCN(C(=O)c2c(OC)cccc2OC)[C@@H](C)C1. The Morgan fingerprint density at radius 1 is 0.742 bits per heavy atom. The summed E-state index contributed by atoms with van der Waals surface area (Å²) in [7, 11) is 6.08. The molecule has 2 amide bonds. The molecule has 1 saturated heterocycles. The van der Waals surface area contributed by atoms with Gasteiger partial charge in [0.1, 0.15) is 34.1 Å². The zero-order valence-electron chi connectivity index (χ0n) is 18.5. The van der Waals surface area contributed by atoms with Gasteiger partial charge in [-0.15, -0.1) is 0 Å². The number of piperazine rings is 1. The summed E-state index contributed by atoms with van der Waals surface area (Å²) in [6.07, 6.45) is 0. The van der Waals surface area contributed by atoms with Crippen LogP contribution in [0.3, 0.4) is 0 Å². The van der Waals surface area contributed by atoms with Crippen molar-refractivity contribution in [2.45, 2.75) is 13.0 Å². The Bertz CT molecular complexity index is 917. The molecule has 1 heterocycles. The second-order valence-corrected chi connectivity index (χ2v) is 7.17. The van der Waals surface area contributed by atoms with Gasteiger partial charge in [0, 0.05) is 25.7 Å². The number of carbonyl (C=O) groups is 2. The lowest BCUT2D eigenvalue weighted by molar-refractivity contribution is 0.0407. The number of ether oxygens (including phenoxy) is 4. The van der Waals surface area contributed by atoms with Crippen LogP contribution in [0.25, 0.3) is 0 Å². The standard InChI is InChI=1S/C23H28N2O6/c1-15-14-24(22(26)20-16(28-2)8-6-9-17(20)29-3)12-13-25(15)23(27)21-18(30-4)10-7-11-19(21)31-5/h6-11,15H,12-14H2,1-5H3/t15-/m0/s1. The summed E-state index contributed by atoms with van der Waals surface area (Å²) < 4.78 is 21.5. The second-order valence-electron chi connectivity index (χ2n) is 7.17. The molecule has 2 aromatic rings. The number of rotatable bonds is 6. The van der Waals surface area contributed by atoms with Crippen molar-refractivity contribution in [3.63, 3.8) is 0 Å². The third-order valence-corrected chi connectivity index (χ3v) is 5.46. The highest BCUT2D eigenvalue weighted by Gasteiger charge is 2.34. The molecule has 0 bridgehead atoms. The maximum Gasteiger partial charge on any atom is 0.261 e. The summed E-state index contributed by atoms with van der Waals surface area (Å²) >= 11 is 0. The van der Waals surface area contributed by atoms with Gasteiger partial charge in [0.15, 0.2) is 0 Å². The zero-order valence-corrected chi connectivity index (χ0v) is 18.5. The van der Waals surface area contributed by atoms with Gasteiger partial charge < -0.3 is 28.7 Å². The Labute approximate surface area is 182 Å². The van der Waals surface area contributed by atoms with Crippen LogP contribution >= 0.6 is 0 Å². The number of hydrogen-bond acceptors (Lipinski definition) is 6. The number of nitrogens with zero attached hydrogens (tertiary/aromatic N) is 2. The monoisotopic (exact) mass is 428 g/mol. The minimum Gasteiger partial charge on any atom is -0.496 e. The molecule has 8 nitrogen and oxygen atoms in total. The summed E-state index contributed by atoms with van der Waals surface area (Å²) in [5, 5.41) is 0. The van der Waals surface area contributed by atoms with Gasteiger partial charge in [0.05, 0.1) is 28.4 Å². The van der Waals surface area contributed by atoms with E-state index in [0.29, 0.717) is 53.8 Å². The first-order chi connectivity index (χ1) is 15.0. The first kappa shape index (κ1) is 22.3. The van der Waals surface area contributed by atoms with Gasteiger partial charge in [-0.05, 0) is 31.2 Å². The summed E-state index contributed by atoms with van der Waals surface area (Å²) in [5.41, 5.74) is 0.761. The fourth-order valence-corrected chi connectivity index (χ4v) is 3.87. The molecule has 2 aromatic carbocycles. The smallest absolute Gasteiger partial charge is 0.261 e. The van der Waals surface area contributed by atoms with E-state index in [1.54, 1.807) is 46.2 Å². The van der Waals surface area contributed by atoms with E-state index in [1.807, 2.05) is 6.92 Å². The summed E-state index contributed by atoms with van der Waals surface area (Å²) in [6, 6.07) is 10.3. The van der Waals surface area contributed by atoms with Crippen molar-refractivity contribution in [2.75, 3.05) is 48.1 Å². The van der Waals surface area contributed by atoms with Crippen LogP contribution in [0.15, 0.2) is 36.4 Å². The lowest BCUT2D eigenvalue weighted by Gasteiger charge is -2.40. The predicted octanol–water partition coefficient (Wildman–Crippen LogP) is 2.71. The minimum atomic E-state index is -0.208. The van der Waals surface area contributed by atoms with E-state index in [0.717, 1.165) is 0 Å². The van der Waals surface area contributed by atoms with Gasteiger partial charge >= 0.3 is 0 Å². The summed E-state index contributed by atoms with van der Waals surface area (Å²) in [5.74, 6) is 1.43. The molecule has 0 aliphatic carbocycles. The van der Waals surface area contributed by atoms with Crippen LogP contribution in [0, 0.1) is 0 Å². The van der Waals surface area contributed by atoms with E-state index in [-0.39, 0.29) is 17.9 Å². The number of amides is 2. The van der Waals surface area contributed by atoms with Crippen molar-refractivity contribution >= 4 is 11.8 Å². The van der Waals surface area contributed by atoms with E-state index in [4.69, 9.17) is 18.9 Å². The highest BCUT2D eigenvalue weighted by molar-refractivity contribution is 6.01. The topological polar surface area (TPSA) is 77.5 Å². The maximum atomic E-state index is 13.3. The molecular weight excluding hydrogens is 400 g/mol. The summed E-state index contributed by atoms with van der Waals surface area (Å²) in [6.45, 7) is 3.06. The second kappa shape index (κ2) is 9.59. The molecule has 166 valence electrons. The minimum absolute atomic E-state index is 0.191. The molecule has 31 heavy (non-hydrogen) atoms. The quantitative estimate of drug-likeness (QED) is 0.704. The number of benzene rings is 2. The summed E-state index contributed by atoms with van der Waals surface area (Å²) in [4.78, 5) is 30.1. The van der Waals surface area contributed by atoms with Crippen LogP contribution in [0.1, 0.15) is 27.6 Å². The Balaban J connectivity index is 1.83. The first-order valence-electron chi connectivity index (χ1n) is 9.99. The van der Waals surface area contributed by atoms with Gasteiger partial charge in [-0.1, -0.05) is 12.1 Å². The highest BCUT2D eigenvalue weighted by atomic mass is 16.5. The van der Waals surface area contributed by atoms with E-state index >= 15 is 0 Å². The molecule has 1 aliphatic heterocycles. The Hall–Kier alpha value is -3.42. The predicted molar refractivity (Wildman–Crippen MR) is 115 cm³/mol. The van der Waals surface area contributed by atoms with Crippen LogP contribution in [-0.4, -0.2) is 75.7 Å². The molecule has 1 aliphatic rings. The van der Waals surface area contributed by atoms with Crippen LogP contribution in [0.2, 0.25) is 0 Å². The molecule has 0 spiro atoms. The van der Waals surface area contributed by atoms with Crippen LogP contribution in [-0.2, 0) is 0 Å². The molecule has 1 atom stereocenters. The van der Waals surface area contributed by atoms with Gasteiger partial charge in [0.25, 0.3) is 11.8 Å². The van der Waals surface area contributed by atoms with Crippen LogP contribution < -0.4 is 18.9 Å². The van der Waals surface area contributed by atoms with E-state index in [1.165, 1.54) is 28.4 Å². The van der Waals surface area contributed by atoms with E-state index < -0.39 is 0 Å². The fraction of sp³-hybridized carbons (Fsp3) is 0.391. The number of carbonyl (C=O) groups excluding carboxylic acids is 2. The number of methoxy groups -OCH3 is 4. The molecule has 8 heteroatoms. The van der Waals surface area contributed by atoms with Crippen molar-refractivity contribution in [2.24, 2.45) is 0 Å². The molecule has 3 rings (SSSR count). The third-order valence-electron chi connectivity index (χ3n) is 5.46.